The van der Waals surface area contributed by atoms with Crippen molar-refractivity contribution in [1.29, 1.82) is 0 Å². The number of hydrogen-bond acceptors (Lipinski definition) is 2. The highest BCUT2D eigenvalue weighted by atomic mass is 19.1. The highest BCUT2D eigenvalue weighted by Crippen LogP contribution is 2.31. The molecule has 0 bridgehead atoms. The minimum atomic E-state index is -2.28. The first kappa shape index (κ1) is 15.7. The monoisotopic (exact) mass is 273 g/mol. The van der Waals surface area contributed by atoms with Gasteiger partial charge in [0.2, 0.25) is 0 Å². The van der Waals surface area contributed by atoms with Gasteiger partial charge in [0.15, 0.2) is 0 Å². The molecule has 2 nitrogen and oxygen atoms in total. The van der Waals surface area contributed by atoms with Crippen LogP contribution in [-0.2, 0) is 5.60 Å². The lowest BCUT2D eigenvalue weighted by molar-refractivity contribution is -0.0114. The van der Waals surface area contributed by atoms with Gasteiger partial charge >= 0.3 is 0 Å². The highest BCUT2D eigenvalue weighted by molar-refractivity contribution is 5.84. The quantitative estimate of drug-likeness (QED) is 0.814. The Labute approximate surface area is 111 Å². The molecule has 0 saturated heterocycles. The SMILES string of the molecule is CCC(C)=Nc1c(C)cc(C(O)(CF)CF)cc1F. The fourth-order valence-corrected chi connectivity index (χ4v) is 1.61. The van der Waals surface area contributed by atoms with Gasteiger partial charge in [0, 0.05) is 5.71 Å². The third-order valence-electron chi connectivity index (χ3n) is 3.05. The summed E-state index contributed by atoms with van der Waals surface area (Å²) in [4.78, 5) is 4.12. The van der Waals surface area contributed by atoms with Crippen LogP contribution in [0.4, 0.5) is 18.9 Å². The van der Waals surface area contributed by atoms with E-state index in [4.69, 9.17) is 0 Å². The molecule has 0 heterocycles. The van der Waals surface area contributed by atoms with Crippen LogP contribution >= 0.6 is 0 Å². The average molecular weight is 273 g/mol. The summed E-state index contributed by atoms with van der Waals surface area (Å²) in [5.74, 6) is -0.692. The molecule has 0 aliphatic rings. The lowest BCUT2D eigenvalue weighted by Gasteiger charge is -2.22. The summed E-state index contributed by atoms with van der Waals surface area (Å²) in [6, 6.07) is 2.30. The summed E-state index contributed by atoms with van der Waals surface area (Å²) in [5.41, 5.74) is -1.07. The first-order valence-corrected chi connectivity index (χ1v) is 6.07. The molecule has 0 fully saturated rings. The molecule has 0 saturated carbocycles. The molecule has 106 valence electrons. The molecule has 1 N–H and O–H groups in total. The van der Waals surface area contributed by atoms with Crippen LogP contribution in [0.2, 0.25) is 0 Å². The minimum Gasteiger partial charge on any atom is -0.380 e. The zero-order chi connectivity index (χ0) is 14.6. The molecule has 1 aromatic rings. The molecule has 0 aliphatic heterocycles. The van der Waals surface area contributed by atoms with Gasteiger partial charge in [-0.05, 0) is 37.5 Å². The lowest BCUT2D eigenvalue weighted by Crippen LogP contribution is -2.31. The minimum absolute atomic E-state index is 0.111. The van der Waals surface area contributed by atoms with E-state index in [1.165, 1.54) is 6.07 Å². The molecule has 0 unspecified atom stereocenters. The zero-order valence-electron chi connectivity index (χ0n) is 11.3. The molecule has 1 rings (SSSR count). The number of aliphatic hydroxyl groups is 1. The van der Waals surface area contributed by atoms with E-state index in [-0.39, 0.29) is 11.3 Å². The summed E-state index contributed by atoms with van der Waals surface area (Å²) in [6.45, 7) is 2.64. The third kappa shape index (κ3) is 3.35. The number of halogens is 3. The number of nitrogens with zero attached hydrogens (tertiary/aromatic N) is 1. The molecule has 0 radical (unpaired) electrons. The van der Waals surface area contributed by atoms with Crippen LogP contribution in [0.1, 0.15) is 31.4 Å². The van der Waals surface area contributed by atoms with Gasteiger partial charge < -0.3 is 5.11 Å². The molecular weight excluding hydrogens is 255 g/mol. The van der Waals surface area contributed by atoms with Crippen LogP contribution in [0, 0.1) is 12.7 Å². The third-order valence-corrected chi connectivity index (χ3v) is 3.05. The molecule has 1 aromatic carbocycles. The van der Waals surface area contributed by atoms with Gasteiger partial charge in [0.1, 0.15) is 30.5 Å². The second-order valence-electron chi connectivity index (χ2n) is 4.62. The summed E-state index contributed by atoms with van der Waals surface area (Å²) in [5, 5.41) is 9.72. The molecule has 0 amide bonds. The molecule has 19 heavy (non-hydrogen) atoms. The van der Waals surface area contributed by atoms with Gasteiger partial charge in [0.05, 0.1) is 0 Å². The van der Waals surface area contributed by atoms with E-state index < -0.39 is 24.8 Å². The van der Waals surface area contributed by atoms with Crippen molar-refractivity contribution in [3.05, 3.63) is 29.1 Å². The summed E-state index contributed by atoms with van der Waals surface area (Å²) in [7, 11) is 0. The standard InChI is InChI=1S/C14H18F3NO/c1-4-10(3)18-13-9(2)5-11(6-12(13)17)14(19,7-15)8-16/h5-6,19H,4,7-8H2,1-3H3. The first-order valence-electron chi connectivity index (χ1n) is 6.07. The van der Waals surface area contributed by atoms with Crippen LogP contribution in [0.3, 0.4) is 0 Å². The van der Waals surface area contributed by atoms with Crippen LogP contribution in [0.5, 0.6) is 0 Å². The predicted octanol–water partition coefficient (Wildman–Crippen LogP) is 3.76. The van der Waals surface area contributed by atoms with Gasteiger partial charge in [-0.25, -0.2) is 13.2 Å². The topological polar surface area (TPSA) is 32.6 Å². The van der Waals surface area contributed by atoms with Crippen LogP contribution in [0.25, 0.3) is 0 Å². The van der Waals surface area contributed by atoms with Crippen molar-refractivity contribution in [3.63, 3.8) is 0 Å². The Balaban J connectivity index is 3.32. The van der Waals surface area contributed by atoms with Crippen LogP contribution in [-0.4, -0.2) is 24.2 Å². The van der Waals surface area contributed by atoms with Crippen LogP contribution < -0.4 is 0 Å². The van der Waals surface area contributed by atoms with E-state index in [1.54, 1.807) is 13.8 Å². The van der Waals surface area contributed by atoms with Crippen molar-refractivity contribution < 1.29 is 18.3 Å². The smallest absolute Gasteiger partial charge is 0.149 e. The van der Waals surface area contributed by atoms with E-state index in [1.807, 2.05) is 6.92 Å². The normalized spacial score (nSPS) is 12.9. The molecule has 0 atom stereocenters. The Morgan fingerprint density at radius 3 is 2.32 bits per heavy atom. The Hall–Kier alpha value is -1.36. The van der Waals surface area contributed by atoms with Crippen molar-refractivity contribution in [2.45, 2.75) is 32.8 Å². The second-order valence-corrected chi connectivity index (χ2v) is 4.62. The highest BCUT2D eigenvalue weighted by Gasteiger charge is 2.31. The van der Waals surface area contributed by atoms with Gasteiger partial charge in [-0.3, -0.25) is 4.99 Å². The number of alkyl halides is 2. The Bertz CT molecular complexity index is 459. The Kier molecular flexibility index (Phi) is 5.11. The van der Waals surface area contributed by atoms with Gasteiger partial charge in [-0.1, -0.05) is 13.0 Å². The van der Waals surface area contributed by atoms with Gasteiger partial charge in [-0.15, -0.1) is 0 Å². The van der Waals surface area contributed by atoms with Gasteiger partial charge in [-0.2, -0.15) is 0 Å². The number of aliphatic imine (C=N–C) groups is 1. The van der Waals surface area contributed by atoms with E-state index in [0.717, 1.165) is 11.8 Å². The molecule has 5 heteroatoms. The number of benzene rings is 1. The first-order chi connectivity index (χ1) is 8.87. The summed E-state index contributed by atoms with van der Waals surface area (Å²) >= 11 is 0. The molecule has 0 aromatic heterocycles. The van der Waals surface area contributed by atoms with Gasteiger partial charge in [0.25, 0.3) is 0 Å². The molecule has 0 aliphatic carbocycles. The Morgan fingerprint density at radius 2 is 1.89 bits per heavy atom. The lowest BCUT2D eigenvalue weighted by atomic mass is 9.94. The van der Waals surface area contributed by atoms with E-state index >= 15 is 0 Å². The largest absolute Gasteiger partial charge is 0.380 e. The molecule has 0 spiro atoms. The maximum atomic E-state index is 13.9. The van der Waals surface area contributed by atoms with Crippen molar-refractivity contribution in [3.8, 4) is 0 Å². The zero-order valence-corrected chi connectivity index (χ0v) is 11.3. The van der Waals surface area contributed by atoms with E-state index in [9.17, 15) is 18.3 Å². The molecular formula is C14H18F3NO. The van der Waals surface area contributed by atoms with Crippen molar-refractivity contribution in [2.75, 3.05) is 13.3 Å². The number of hydrogen-bond donors (Lipinski definition) is 1. The van der Waals surface area contributed by atoms with E-state index in [0.29, 0.717) is 12.0 Å². The Morgan fingerprint density at radius 1 is 1.32 bits per heavy atom. The predicted molar refractivity (Wildman–Crippen MR) is 70.0 cm³/mol. The van der Waals surface area contributed by atoms with Crippen molar-refractivity contribution >= 4 is 11.4 Å². The van der Waals surface area contributed by atoms with Crippen molar-refractivity contribution in [1.82, 2.24) is 0 Å². The second kappa shape index (κ2) is 6.19. The summed E-state index contributed by atoms with van der Waals surface area (Å²) in [6.07, 6.45) is 0.680. The number of aryl methyl sites for hydroxylation is 1. The summed E-state index contributed by atoms with van der Waals surface area (Å²) < 4.78 is 39.4. The fourth-order valence-electron chi connectivity index (χ4n) is 1.61. The maximum Gasteiger partial charge on any atom is 0.149 e. The van der Waals surface area contributed by atoms with Crippen LogP contribution in [0.15, 0.2) is 17.1 Å². The fraction of sp³-hybridized carbons (Fsp3) is 0.500. The maximum absolute atomic E-state index is 13.9. The average Bonchev–Trinajstić information content (AvgIpc) is 2.41. The van der Waals surface area contributed by atoms with E-state index in [2.05, 4.69) is 4.99 Å². The van der Waals surface area contributed by atoms with Crippen molar-refractivity contribution in [2.24, 2.45) is 4.99 Å². The number of rotatable bonds is 5.